The molecule has 1 aromatic heterocycles. The van der Waals surface area contributed by atoms with Crippen LogP contribution in [0, 0.1) is 12.8 Å². The zero-order valence-electron chi connectivity index (χ0n) is 16.7. The van der Waals surface area contributed by atoms with Crippen molar-refractivity contribution in [3.63, 3.8) is 0 Å². The molecule has 0 saturated heterocycles. The first kappa shape index (κ1) is 23.2. The summed E-state index contributed by atoms with van der Waals surface area (Å²) in [6.07, 6.45) is 0.214. The Bertz CT molecular complexity index is 1050. The number of hydrogen-bond acceptors (Lipinski definition) is 6. The maximum absolute atomic E-state index is 12.2. The quantitative estimate of drug-likeness (QED) is 0.459. The normalized spacial score (nSPS) is 12.9. The molecule has 2 atom stereocenters. The van der Waals surface area contributed by atoms with Gasteiger partial charge in [0, 0.05) is 11.5 Å². The topological polar surface area (TPSA) is 146 Å². The summed E-state index contributed by atoms with van der Waals surface area (Å²) in [5.74, 6) is -2.93. The van der Waals surface area contributed by atoms with Crippen LogP contribution in [-0.4, -0.2) is 40.6 Å². The minimum atomic E-state index is -1.15. The summed E-state index contributed by atoms with van der Waals surface area (Å²) in [6, 6.07) is 1.59. The van der Waals surface area contributed by atoms with Crippen molar-refractivity contribution in [3.8, 4) is 5.75 Å². The van der Waals surface area contributed by atoms with E-state index in [1.54, 1.807) is 20.8 Å². The second kappa shape index (κ2) is 9.62. The van der Waals surface area contributed by atoms with Crippen molar-refractivity contribution >= 4 is 40.4 Å². The number of phenolic OH excluding ortho intramolecular Hbond substituents is 1. The van der Waals surface area contributed by atoms with Gasteiger partial charge in [0.15, 0.2) is 0 Å². The van der Waals surface area contributed by atoms with E-state index in [4.69, 9.17) is 16.0 Å². The molecule has 2 amide bonds. The molecule has 0 aliphatic carbocycles. The number of carbonyl (C=O) groups excluding carboxylic acids is 2. The van der Waals surface area contributed by atoms with E-state index in [0.29, 0.717) is 17.4 Å². The Labute approximate surface area is 177 Å². The first-order chi connectivity index (χ1) is 14.0. The van der Waals surface area contributed by atoms with Crippen LogP contribution in [0.5, 0.6) is 5.75 Å². The molecular formula is C20H23ClN2O7. The number of aromatic hydroxyl groups is 1. The van der Waals surface area contributed by atoms with E-state index in [9.17, 15) is 29.4 Å². The van der Waals surface area contributed by atoms with Gasteiger partial charge in [0.05, 0.1) is 23.6 Å². The van der Waals surface area contributed by atoms with Crippen molar-refractivity contribution in [1.82, 2.24) is 10.6 Å². The molecule has 162 valence electrons. The fraction of sp³-hybridized carbons (Fsp3) is 0.400. The number of carbonyl (C=O) groups is 3. The highest BCUT2D eigenvalue weighted by atomic mass is 35.5. The molecule has 0 spiro atoms. The highest BCUT2D eigenvalue weighted by Crippen LogP contribution is 2.30. The van der Waals surface area contributed by atoms with Crippen LogP contribution in [0.2, 0.25) is 5.02 Å². The van der Waals surface area contributed by atoms with Crippen LogP contribution in [0.1, 0.15) is 31.4 Å². The lowest BCUT2D eigenvalue weighted by atomic mass is 9.99. The predicted octanol–water partition coefficient (Wildman–Crippen LogP) is 1.73. The smallest absolute Gasteiger partial charge is 0.340 e. The SMILES string of the molecule is CC[C@H](C)[C@@H](NC(=O)CNC(=O)Cc1c(C)c2cc(Cl)c(O)cc2oc1=O)C(=O)O. The summed E-state index contributed by atoms with van der Waals surface area (Å²) in [7, 11) is 0. The Morgan fingerprint density at radius 1 is 1.23 bits per heavy atom. The van der Waals surface area contributed by atoms with E-state index in [1.807, 2.05) is 0 Å². The number of carboxylic acids is 1. The number of aliphatic carboxylic acids is 1. The van der Waals surface area contributed by atoms with Gasteiger partial charge < -0.3 is 25.3 Å². The molecule has 1 aromatic carbocycles. The maximum atomic E-state index is 12.2. The molecule has 10 heteroatoms. The van der Waals surface area contributed by atoms with Gasteiger partial charge in [0.2, 0.25) is 11.8 Å². The van der Waals surface area contributed by atoms with Gasteiger partial charge in [-0.2, -0.15) is 0 Å². The molecule has 0 aliphatic heterocycles. The average molecular weight is 439 g/mol. The highest BCUT2D eigenvalue weighted by Gasteiger charge is 2.25. The van der Waals surface area contributed by atoms with Gasteiger partial charge in [-0.3, -0.25) is 9.59 Å². The number of rotatable bonds is 8. The van der Waals surface area contributed by atoms with Crippen molar-refractivity contribution in [3.05, 3.63) is 38.7 Å². The first-order valence-electron chi connectivity index (χ1n) is 9.28. The van der Waals surface area contributed by atoms with Crippen LogP contribution in [0.15, 0.2) is 21.3 Å². The Morgan fingerprint density at radius 3 is 2.50 bits per heavy atom. The van der Waals surface area contributed by atoms with Gasteiger partial charge in [-0.05, 0) is 24.5 Å². The number of phenols is 1. The van der Waals surface area contributed by atoms with Crippen LogP contribution >= 0.6 is 11.6 Å². The molecule has 0 bridgehead atoms. The first-order valence-corrected chi connectivity index (χ1v) is 9.66. The molecule has 0 fully saturated rings. The summed E-state index contributed by atoms with van der Waals surface area (Å²) in [4.78, 5) is 47.8. The van der Waals surface area contributed by atoms with Gasteiger partial charge in [-0.15, -0.1) is 0 Å². The van der Waals surface area contributed by atoms with E-state index in [0.717, 1.165) is 0 Å². The second-order valence-corrected chi connectivity index (χ2v) is 7.42. The number of benzene rings is 1. The minimum absolute atomic E-state index is 0.0702. The van der Waals surface area contributed by atoms with Gasteiger partial charge >= 0.3 is 11.6 Å². The number of hydrogen-bond donors (Lipinski definition) is 4. The van der Waals surface area contributed by atoms with Gasteiger partial charge in [-0.25, -0.2) is 9.59 Å². The number of nitrogens with one attached hydrogen (secondary N) is 2. The third-order valence-corrected chi connectivity index (χ3v) is 5.24. The number of carboxylic acid groups (broad SMARTS) is 1. The van der Waals surface area contributed by atoms with Crippen molar-refractivity contribution in [2.45, 2.75) is 39.7 Å². The van der Waals surface area contributed by atoms with Crippen LogP contribution in [0.25, 0.3) is 11.0 Å². The summed E-state index contributed by atoms with van der Waals surface area (Å²) in [5, 5.41) is 24.1. The number of amides is 2. The molecule has 1 heterocycles. The molecule has 0 saturated carbocycles. The van der Waals surface area contributed by atoms with Gasteiger partial charge in [0.25, 0.3) is 0 Å². The van der Waals surface area contributed by atoms with E-state index in [2.05, 4.69) is 10.6 Å². The third-order valence-electron chi connectivity index (χ3n) is 4.93. The Morgan fingerprint density at radius 2 is 1.90 bits per heavy atom. The highest BCUT2D eigenvalue weighted by molar-refractivity contribution is 6.32. The molecule has 0 unspecified atom stereocenters. The summed E-state index contributed by atoms with van der Waals surface area (Å²) in [5.41, 5.74) is -0.0626. The zero-order valence-corrected chi connectivity index (χ0v) is 17.5. The zero-order chi connectivity index (χ0) is 22.6. The molecule has 9 nitrogen and oxygen atoms in total. The second-order valence-electron chi connectivity index (χ2n) is 7.02. The van der Waals surface area contributed by atoms with Gasteiger partial charge in [0.1, 0.15) is 17.4 Å². The van der Waals surface area contributed by atoms with E-state index < -0.39 is 36.0 Å². The summed E-state index contributed by atoms with van der Waals surface area (Å²) in [6.45, 7) is 4.69. The lowest BCUT2D eigenvalue weighted by Crippen LogP contribution is -2.48. The Kier molecular flexibility index (Phi) is 7.44. The molecule has 2 rings (SSSR count). The lowest BCUT2D eigenvalue weighted by molar-refractivity contribution is -0.143. The third kappa shape index (κ3) is 5.29. The Balaban J connectivity index is 2.09. The van der Waals surface area contributed by atoms with E-state index in [-0.39, 0.29) is 34.3 Å². The summed E-state index contributed by atoms with van der Waals surface area (Å²) < 4.78 is 5.15. The fourth-order valence-corrected chi connectivity index (χ4v) is 3.08. The number of fused-ring (bicyclic) bond motifs is 1. The van der Waals surface area contributed by atoms with E-state index >= 15 is 0 Å². The van der Waals surface area contributed by atoms with Crippen molar-refractivity contribution in [2.24, 2.45) is 5.92 Å². The summed E-state index contributed by atoms with van der Waals surface area (Å²) >= 11 is 5.90. The molecule has 2 aromatic rings. The maximum Gasteiger partial charge on any atom is 0.340 e. The van der Waals surface area contributed by atoms with E-state index in [1.165, 1.54) is 12.1 Å². The van der Waals surface area contributed by atoms with Crippen LogP contribution < -0.4 is 16.3 Å². The molecular weight excluding hydrogens is 416 g/mol. The monoisotopic (exact) mass is 438 g/mol. The average Bonchev–Trinajstić information content (AvgIpc) is 2.68. The van der Waals surface area contributed by atoms with Crippen molar-refractivity contribution in [1.29, 1.82) is 0 Å². The Hall–Kier alpha value is -3.07. The molecule has 0 aliphatic rings. The van der Waals surface area contributed by atoms with Gasteiger partial charge in [-0.1, -0.05) is 31.9 Å². The lowest BCUT2D eigenvalue weighted by Gasteiger charge is -2.20. The molecule has 0 radical (unpaired) electrons. The fourth-order valence-electron chi connectivity index (χ4n) is 2.91. The largest absolute Gasteiger partial charge is 0.506 e. The standard InChI is InChI=1S/C20H23ClN2O7/c1-4-9(2)18(19(27)28)23-17(26)8-22-16(25)6-12-10(3)11-5-13(21)14(24)7-15(11)30-20(12)29/h5,7,9,18,24H,4,6,8H2,1-3H3,(H,22,25)(H,23,26)(H,27,28)/t9-,18+/m0/s1. The van der Waals surface area contributed by atoms with Crippen LogP contribution in [0.4, 0.5) is 0 Å². The predicted molar refractivity (Wildman–Crippen MR) is 110 cm³/mol. The minimum Gasteiger partial charge on any atom is -0.506 e. The number of halogens is 1. The van der Waals surface area contributed by atoms with Crippen LogP contribution in [-0.2, 0) is 20.8 Å². The van der Waals surface area contributed by atoms with Crippen molar-refractivity contribution in [2.75, 3.05) is 6.54 Å². The number of aryl methyl sites for hydroxylation is 1. The molecule has 30 heavy (non-hydrogen) atoms. The van der Waals surface area contributed by atoms with Crippen LogP contribution in [0.3, 0.4) is 0 Å². The van der Waals surface area contributed by atoms with Crippen molar-refractivity contribution < 1.29 is 29.0 Å². The molecule has 4 N–H and O–H groups in total.